The Kier molecular flexibility index (Phi) is 6.91. The maximum absolute atomic E-state index is 13.0. The molecule has 6 heteroatoms. The lowest BCUT2D eigenvalue weighted by Gasteiger charge is -2.37. The van der Waals surface area contributed by atoms with Gasteiger partial charge in [-0.3, -0.25) is 4.79 Å². The molecule has 0 unspecified atom stereocenters. The molecule has 0 N–H and O–H groups in total. The number of halogens is 1. The average Bonchev–Trinajstić information content (AvgIpc) is 2.73. The summed E-state index contributed by atoms with van der Waals surface area (Å²) in [6.07, 6.45) is 0.810. The standard InChI is InChI=1S/C21H25ClN2O2S/c1-3-20(27-19-10-4-16(22)5-11-19)21(25)24-14-12-23(13-15-24)17-6-8-18(26-2)9-7-17/h4-11,20H,3,12-15H2,1-2H3/t20-/m0/s1. The number of amides is 1. The number of carbonyl (C=O) groups excluding carboxylic acids is 1. The molecule has 1 atom stereocenters. The average molecular weight is 405 g/mol. The molecule has 27 heavy (non-hydrogen) atoms. The number of rotatable bonds is 6. The zero-order valence-electron chi connectivity index (χ0n) is 15.7. The summed E-state index contributed by atoms with van der Waals surface area (Å²) in [6, 6.07) is 15.8. The van der Waals surface area contributed by atoms with Gasteiger partial charge in [0.1, 0.15) is 5.75 Å². The van der Waals surface area contributed by atoms with Gasteiger partial charge in [0.05, 0.1) is 12.4 Å². The lowest BCUT2D eigenvalue weighted by atomic mass is 10.2. The van der Waals surface area contributed by atoms with Crippen LogP contribution in [0.4, 0.5) is 5.69 Å². The number of thioether (sulfide) groups is 1. The van der Waals surface area contributed by atoms with E-state index >= 15 is 0 Å². The predicted octanol–water partition coefficient (Wildman–Crippen LogP) is 4.57. The summed E-state index contributed by atoms with van der Waals surface area (Å²) in [5.41, 5.74) is 1.17. The van der Waals surface area contributed by atoms with Crippen LogP contribution in [0.25, 0.3) is 0 Å². The fourth-order valence-electron chi connectivity index (χ4n) is 3.17. The van der Waals surface area contributed by atoms with Gasteiger partial charge in [-0.2, -0.15) is 0 Å². The van der Waals surface area contributed by atoms with Crippen LogP contribution in [-0.2, 0) is 4.79 Å². The molecule has 0 saturated carbocycles. The smallest absolute Gasteiger partial charge is 0.236 e. The fraction of sp³-hybridized carbons (Fsp3) is 0.381. The first-order valence-electron chi connectivity index (χ1n) is 9.20. The van der Waals surface area contributed by atoms with E-state index in [2.05, 4.69) is 24.0 Å². The normalized spacial score (nSPS) is 15.5. The molecule has 2 aromatic carbocycles. The van der Waals surface area contributed by atoms with Crippen LogP contribution >= 0.6 is 23.4 Å². The van der Waals surface area contributed by atoms with Crippen LogP contribution in [0.2, 0.25) is 5.02 Å². The first kappa shape index (κ1) is 19.9. The van der Waals surface area contributed by atoms with Crippen molar-refractivity contribution in [1.82, 2.24) is 4.90 Å². The van der Waals surface area contributed by atoms with Gasteiger partial charge in [0.15, 0.2) is 0 Å². The van der Waals surface area contributed by atoms with E-state index in [0.29, 0.717) is 5.02 Å². The number of piperazine rings is 1. The Labute approximate surface area is 170 Å². The van der Waals surface area contributed by atoms with Crippen LogP contribution in [-0.4, -0.2) is 49.3 Å². The molecule has 1 heterocycles. The van der Waals surface area contributed by atoms with Gasteiger partial charge in [-0.15, -0.1) is 11.8 Å². The van der Waals surface area contributed by atoms with Gasteiger partial charge in [-0.05, 0) is 55.0 Å². The Balaban J connectivity index is 1.56. The van der Waals surface area contributed by atoms with Crippen LogP contribution in [0, 0.1) is 0 Å². The molecule has 4 nitrogen and oxygen atoms in total. The van der Waals surface area contributed by atoms with Crippen LogP contribution in [0.15, 0.2) is 53.4 Å². The molecular weight excluding hydrogens is 380 g/mol. The van der Waals surface area contributed by atoms with Gasteiger partial charge < -0.3 is 14.5 Å². The molecule has 0 spiro atoms. The Morgan fingerprint density at radius 3 is 2.26 bits per heavy atom. The van der Waals surface area contributed by atoms with Crippen LogP contribution in [0.1, 0.15) is 13.3 Å². The van der Waals surface area contributed by atoms with Crippen molar-refractivity contribution < 1.29 is 9.53 Å². The molecular formula is C21H25ClN2O2S. The van der Waals surface area contributed by atoms with E-state index in [1.807, 2.05) is 41.3 Å². The van der Waals surface area contributed by atoms with Crippen molar-refractivity contribution in [3.63, 3.8) is 0 Å². The van der Waals surface area contributed by atoms with E-state index < -0.39 is 0 Å². The van der Waals surface area contributed by atoms with Gasteiger partial charge in [-0.1, -0.05) is 18.5 Å². The third-order valence-corrected chi connectivity index (χ3v) is 6.38. The molecule has 1 aliphatic rings. The molecule has 1 saturated heterocycles. The third-order valence-electron chi connectivity index (χ3n) is 4.77. The molecule has 3 rings (SSSR count). The predicted molar refractivity (Wildman–Crippen MR) is 113 cm³/mol. The molecule has 0 bridgehead atoms. The van der Waals surface area contributed by atoms with E-state index in [9.17, 15) is 4.79 Å². The zero-order valence-corrected chi connectivity index (χ0v) is 17.3. The second-order valence-corrected chi connectivity index (χ2v) is 8.19. The van der Waals surface area contributed by atoms with E-state index in [4.69, 9.17) is 16.3 Å². The van der Waals surface area contributed by atoms with Crippen molar-refractivity contribution >= 4 is 35.0 Å². The Hall–Kier alpha value is -1.85. The van der Waals surface area contributed by atoms with Crippen LogP contribution in [0.3, 0.4) is 0 Å². The van der Waals surface area contributed by atoms with E-state index in [-0.39, 0.29) is 11.2 Å². The number of carbonyl (C=O) groups is 1. The highest BCUT2D eigenvalue weighted by Gasteiger charge is 2.27. The highest BCUT2D eigenvalue weighted by atomic mass is 35.5. The summed E-state index contributed by atoms with van der Waals surface area (Å²) >= 11 is 7.57. The zero-order chi connectivity index (χ0) is 19.2. The van der Waals surface area contributed by atoms with Crippen molar-refractivity contribution in [2.45, 2.75) is 23.5 Å². The maximum Gasteiger partial charge on any atom is 0.236 e. The van der Waals surface area contributed by atoms with Gasteiger partial charge in [0, 0.05) is 41.8 Å². The van der Waals surface area contributed by atoms with Gasteiger partial charge in [-0.25, -0.2) is 0 Å². The number of ether oxygens (including phenoxy) is 1. The lowest BCUT2D eigenvalue weighted by Crippen LogP contribution is -2.51. The maximum atomic E-state index is 13.0. The van der Waals surface area contributed by atoms with Gasteiger partial charge in [0.2, 0.25) is 5.91 Å². The fourth-order valence-corrected chi connectivity index (χ4v) is 4.33. The topological polar surface area (TPSA) is 32.8 Å². The summed E-state index contributed by atoms with van der Waals surface area (Å²) < 4.78 is 5.22. The Morgan fingerprint density at radius 1 is 1.07 bits per heavy atom. The number of hydrogen-bond acceptors (Lipinski definition) is 4. The monoisotopic (exact) mass is 404 g/mol. The Morgan fingerprint density at radius 2 is 1.70 bits per heavy atom. The third kappa shape index (κ3) is 5.11. The minimum absolute atomic E-state index is 0.0567. The second kappa shape index (κ2) is 9.38. The number of nitrogens with zero attached hydrogens (tertiary/aromatic N) is 2. The summed E-state index contributed by atoms with van der Waals surface area (Å²) in [7, 11) is 1.67. The van der Waals surface area contributed by atoms with Crippen molar-refractivity contribution in [2.75, 3.05) is 38.2 Å². The number of methoxy groups -OCH3 is 1. The highest BCUT2D eigenvalue weighted by molar-refractivity contribution is 8.00. The molecule has 2 aromatic rings. The number of benzene rings is 2. The number of hydrogen-bond donors (Lipinski definition) is 0. The summed E-state index contributed by atoms with van der Waals surface area (Å²) in [5.74, 6) is 1.09. The van der Waals surface area contributed by atoms with Crippen molar-refractivity contribution in [2.24, 2.45) is 0 Å². The minimum Gasteiger partial charge on any atom is -0.497 e. The lowest BCUT2D eigenvalue weighted by molar-refractivity contribution is -0.130. The first-order valence-corrected chi connectivity index (χ1v) is 10.5. The van der Waals surface area contributed by atoms with E-state index in [1.54, 1.807) is 18.9 Å². The summed E-state index contributed by atoms with van der Waals surface area (Å²) in [6.45, 7) is 5.27. The molecule has 0 aromatic heterocycles. The summed E-state index contributed by atoms with van der Waals surface area (Å²) in [4.78, 5) is 18.4. The first-order chi connectivity index (χ1) is 13.1. The van der Waals surface area contributed by atoms with Crippen LogP contribution in [0.5, 0.6) is 5.75 Å². The molecule has 1 aliphatic heterocycles. The van der Waals surface area contributed by atoms with Crippen molar-refractivity contribution in [3.8, 4) is 5.75 Å². The quantitative estimate of drug-likeness (QED) is 0.660. The van der Waals surface area contributed by atoms with Gasteiger partial charge in [0.25, 0.3) is 0 Å². The van der Waals surface area contributed by atoms with E-state index in [0.717, 1.165) is 43.2 Å². The molecule has 0 radical (unpaired) electrons. The second-order valence-electron chi connectivity index (χ2n) is 6.48. The molecule has 0 aliphatic carbocycles. The SMILES string of the molecule is CC[C@H](Sc1ccc(Cl)cc1)C(=O)N1CCN(c2ccc(OC)cc2)CC1. The van der Waals surface area contributed by atoms with Crippen molar-refractivity contribution in [3.05, 3.63) is 53.6 Å². The van der Waals surface area contributed by atoms with Gasteiger partial charge >= 0.3 is 0 Å². The molecule has 1 fully saturated rings. The van der Waals surface area contributed by atoms with Crippen molar-refractivity contribution in [1.29, 1.82) is 0 Å². The Bertz CT molecular complexity index is 744. The molecule has 144 valence electrons. The number of anilines is 1. The van der Waals surface area contributed by atoms with E-state index in [1.165, 1.54) is 5.69 Å². The molecule has 1 amide bonds. The summed E-state index contributed by atoms with van der Waals surface area (Å²) in [5, 5.41) is 0.659. The van der Waals surface area contributed by atoms with Crippen LogP contribution < -0.4 is 9.64 Å². The largest absolute Gasteiger partial charge is 0.497 e. The minimum atomic E-state index is -0.0567. The highest BCUT2D eigenvalue weighted by Crippen LogP contribution is 2.28.